The number of rotatable bonds is 3. The van der Waals surface area contributed by atoms with E-state index >= 15 is 0 Å². The first kappa shape index (κ1) is 17.4. The monoisotopic (exact) mass is 373 g/mol. The zero-order valence-corrected chi connectivity index (χ0v) is 16.0. The van der Waals surface area contributed by atoms with Crippen LogP contribution in [0.25, 0.3) is 16.8 Å². The molecule has 0 aromatic heterocycles. The van der Waals surface area contributed by atoms with Crippen LogP contribution in [0, 0.1) is 0 Å². The van der Waals surface area contributed by atoms with Crippen LogP contribution in [-0.2, 0) is 4.79 Å². The third-order valence-corrected chi connectivity index (χ3v) is 5.23. The van der Waals surface area contributed by atoms with Gasteiger partial charge in [0.2, 0.25) is 0 Å². The second-order valence-electron chi connectivity index (χ2n) is 6.50. The fourth-order valence-electron chi connectivity index (χ4n) is 2.86. The molecular formula is C22H19N3OS. The Morgan fingerprint density at radius 3 is 2.44 bits per heavy atom. The van der Waals surface area contributed by atoms with Crippen molar-refractivity contribution < 1.29 is 4.79 Å². The lowest BCUT2D eigenvalue weighted by molar-refractivity contribution is -0.115. The van der Waals surface area contributed by atoms with E-state index in [1.807, 2.05) is 79.7 Å². The van der Waals surface area contributed by atoms with Gasteiger partial charge in [-0.15, -0.1) is 0 Å². The number of amides is 1. The summed E-state index contributed by atoms with van der Waals surface area (Å²) >= 11 is 1.36. The summed E-state index contributed by atoms with van der Waals surface area (Å²) < 4.78 is 0. The minimum absolute atomic E-state index is 0.115. The highest BCUT2D eigenvalue weighted by molar-refractivity contribution is 8.18. The molecule has 134 valence electrons. The van der Waals surface area contributed by atoms with E-state index < -0.39 is 0 Å². The van der Waals surface area contributed by atoms with Crippen molar-refractivity contribution in [1.29, 1.82) is 0 Å². The zero-order valence-electron chi connectivity index (χ0n) is 15.1. The Kier molecular flexibility index (Phi) is 4.69. The number of carbonyl (C=O) groups excluding carboxylic acids is 1. The Hall–Kier alpha value is -3.05. The lowest BCUT2D eigenvalue weighted by Crippen LogP contribution is -2.19. The molecule has 1 aliphatic rings. The number of amidine groups is 1. The molecule has 3 aromatic carbocycles. The minimum Gasteiger partial charge on any atom is -0.378 e. The molecular weight excluding hydrogens is 354 g/mol. The van der Waals surface area contributed by atoms with E-state index in [0.29, 0.717) is 10.1 Å². The largest absolute Gasteiger partial charge is 0.378 e. The summed E-state index contributed by atoms with van der Waals surface area (Å²) in [7, 11) is 4.01. The molecule has 1 saturated heterocycles. The van der Waals surface area contributed by atoms with E-state index in [1.54, 1.807) is 0 Å². The van der Waals surface area contributed by atoms with Gasteiger partial charge in [0, 0.05) is 19.8 Å². The molecule has 27 heavy (non-hydrogen) atoms. The van der Waals surface area contributed by atoms with Crippen LogP contribution in [0.2, 0.25) is 0 Å². The van der Waals surface area contributed by atoms with Crippen molar-refractivity contribution in [1.82, 2.24) is 5.32 Å². The number of nitrogens with one attached hydrogen (secondary N) is 1. The number of nitrogens with zero attached hydrogens (tertiary/aromatic N) is 2. The number of carbonyl (C=O) groups is 1. The topological polar surface area (TPSA) is 44.7 Å². The van der Waals surface area contributed by atoms with Gasteiger partial charge in [-0.3, -0.25) is 4.79 Å². The van der Waals surface area contributed by atoms with E-state index in [2.05, 4.69) is 22.4 Å². The van der Waals surface area contributed by atoms with E-state index in [0.717, 1.165) is 22.3 Å². The van der Waals surface area contributed by atoms with Gasteiger partial charge in [-0.25, -0.2) is 4.99 Å². The number of thioether (sulfide) groups is 1. The summed E-state index contributed by atoms with van der Waals surface area (Å²) in [5.74, 6) is -0.115. The summed E-state index contributed by atoms with van der Waals surface area (Å²) in [6, 6.07) is 22.3. The first-order chi connectivity index (χ1) is 13.1. The Bertz CT molecular complexity index is 1070. The third-order valence-electron chi connectivity index (χ3n) is 4.32. The molecule has 4 rings (SSSR count). The average molecular weight is 373 g/mol. The van der Waals surface area contributed by atoms with Crippen molar-refractivity contribution in [2.45, 2.75) is 0 Å². The molecule has 0 spiro atoms. The van der Waals surface area contributed by atoms with Crippen molar-refractivity contribution in [3.63, 3.8) is 0 Å². The SMILES string of the molecule is CN(C)c1ccc(C=C2SC(=Nc3ccc4ccccc4c3)NC2=O)cc1. The number of aliphatic imine (C=N–C) groups is 1. The summed E-state index contributed by atoms with van der Waals surface area (Å²) in [4.78, 5) is 19.6. The maximum Gasteiger partial charge on any atom is 0.264 e. The Labute approximate surface area is 162 Å². The van der Waals surface area contributed by atoms with Gasteiger partial charge in [0.05, 0.1) is 10.6 Å². The number of fused-ring (bicyclic) bond motifs is 1. The Morgan fingerprint density at radius 2 is 1.70 bits per heavy atom. The number of hydrogen-bond acceptors (Lipinski definition) is 4. The van der Waals surface area contributed by atoms with Crippen molar-refractivity contribution in [2.75, 3.05) is 19.0 Å². The molecule has 0 radical (unpaired) electrons. The van der Waals surface area contributed by atoms with Crippen LogP contribution in [0.1, 0.15) is 5.56 Å². The highest BCUT2D eigenvalue weighted by atomic mass is 32.2. The standard InChI is InChI=1S/C22H19N3OS/c1-25(2)19-11-7-15(8-12-19)13-20-21(26)24-22(27-20)23-18-10-9-16-5-3-4-6-17(16)14-18/h3-14H,1-2H3,(H,23,24,26). The highest BCUT2D eigenvalue weighted by Crippen LogP contribution is 2.29. The maximum absolute atomic E-state index is 12.3. The van der Waals surface area contributed by atoms with Gasteiger partial charge in [0.1, 0.15) is 0 Å². The van der Waals surface area contributed by atoms with Crippen LogP contribution in [0.5, 0.6) is 0 Å². The van der Waals surface area contributed by atoms with Crippen LogP contribution in [0.15, 0.2) is 76.6 Å². The molecule has 0 bridgehead atoms. The van der Waals surface area contributed by atoms with Gasteiger partial charge in [-0.2, -0.15) is 0 Å². The molecule has 1 fully saturated rings. The van der Waals surface area contributed by atoms with Gasteiger partial charge in [0.15, 0.2) is 5.17 Å². The fourth-order valence-corrected chi connectivity index (χ4v) is 3.71. The molecule has 5 heteroatoms. The van der Waals surface area contributed by atoms with E-state index in [4.69, 9.17) is 0 Å². The van der Waals surface area contributed by atoms with Crippen LogP contribution in [0.3, 0.4) is 0 Å². The molecule has 4 nitrogen and oxygen atoms in total. The highest BCUT2D eigenvalue weighted by Gasteiger charge is 2.23. The molecule has 0 unspecified atom stereocenters. The summed E-state index contributed by atoms with van der Waals surface area (Å²) in [5, 5.41) is 5.75. The molecule has 1 heterocycles. The van der Waals surface area contributed by atoms with Crippen LogP contribution in [0.4, 0.5) is 11.4 Å². The normalized spacial score (nSPS) is 16.9. The Balaban J connectivity index is 1.56. The number of benzene rings is 3. The first-order valence-electron chi connectivity index (χ1n) is 8.64. The molecule has 1 amide bonds. The minimum atomic E-state index is -0.115. The maximum atomic E-state index is 12.3. The van der Waals surface area contributed by atoms with Gasteiger partial charge < -0.3 is 10.2 Å². The second-order valence-corrected chi connectivity index (χ2v) is 7.53. The van der Waals surface area contributed by atoms with Gasteiger partial charge in [-0.1, -0.05) is 42.5 Å². The van der Waals surface area contributed by atoms with Crippen molar-refractivity contribution in [3.05, 3.63) is 77.2 Å². The molecule has 0 atom stereocenters. The number of anilines is 1. The Morgan fingerprint density at radius 1 is 0.963 bits per heavy atom. The third kappa shape index (κ3) is 3.88. The summed E-state index contributed by atoms with van der Waals surface area (Å²) in [5.41, 5.74) is 2.94. The van der Waals surface area contributed by atoms with Gasteiger partial charge in [-0.05, 0) is 58.4 Å². The van der Waals surface area contributed by atoms with Crippen molar-refractivity contribution in [3.8, 4) is 0 Å². The molecule has 1 N–H and O–H groups in total. The predicted octanol–water partition coefficient (Wildman–Crippen LogP) is 4.80. The van der Waals surface area contributed by atoms with Crippen LogP contribution >= 0.6 is 11.8 Å². The van der Waals surface area contributed by atoms with E-state index in [1.165, 1.54) is 17.1 Å². The van der Waals surface area contributed by atoms with Gasteiger partial charge in [0.25, 0.3) is 5.91 Å². The zero-order chi connectivity index (χ0) is 18.8. The summed E-state index contributed by atoms with van der Waals surface area (Å²) in [6.07, 6.45) is 1.89. The van der Waals surface area contributed by atoms with E-state index in [9.17, 15) is 4.79 Å². The molecule has 1 aliphatic heterocycles. The smallest absolute Gasteiger partial charge is 0.264 e. The molecule has 0 aliphatic carbocycles. The molecule has 3 aromatic rings. The summed E-state index contributed by atoms with van der Waals surface area (Å²) in [6.45, 7) is 0. The quantitative estimate of drug-likeness (QED) is 0.671. The lowest BCUT2D eigenvalue weighted by atomic mass is 10.1. The average Bonchev–Trinajstić information content (AvgIpc) is 3.01. The first-order valence-corrected chi connectivity index (χ1v) is 9.46. The van der Waals surface area contributed by atoms with Crippen LogP contribution < -0.4 is 10.2 Å². The van der Waals surface area contributed by atoms with E-state index in [-0.39, 0.29) is 5.91 Å². The molecule has 0 saturated carbocycles. The second kappa shape index (κ2) is 7.29. The fraction of sp³-hybridized carbons (Fsp3) is 0.0909. The lowest BCUT2D eigenvalue weighted by Gasteiger charge is -2.11. The van der Waals surface area contributed by atoms with Crippen LogP contribution in [-0.4, -0.2) is 25.2 Å². The van der Waals surface area contributed by atoms with Gasteiger partial charge >= 0.3 is 0 Å². The predicted molar refractivity (Wildman–Crippen MR) is 116 cm³/mol. The van der Waals surface area contributed by atoms with Crippen molar-refractivity contribution >= 4 is 51.1 Å². The number of hydrogen-bond donors (Lipinski definition) is 1. The van der Waals surface area contributed by atoms with Crippen molar-refractivity contribution in [2.24, 2.45) is 4.99 Å².